The molecule has 1 unspecified atom stereocenters. The Bertz CT molecular complexity index is 880. The SMILES string of the molecule is CC(C)(C)C(=O)C1=C(O)C(=O)N(c2ccc(Br)cc2)C1c1ccccc1. The molecule has 3 rings (SSSR count). The summed E-state index contributed by atoms with van der Waals surface area (Å²) >= 11 is 3.38. The first-order valence-electron chi connectivity index (χ1n) is 8.34. The summed E-state index contributed by atoms with van der Waals surface area (Å²) < 4.78 is 0.882. The van der Waals surface area contributed by atoms with Crippen molar-refractivity contribution < 1.29 is 14.7 Å². The van der Waals surface area contributed by atoms with E-state index < -0.39 is 23.1 Å². The number of aliphatic hydroxyl groups excluding tert-OH is 1. The van der Waals surface area contributed by atoms with Gasteiger partial charge in [-0.2, -0.15) is 0 Å². The van der Waals surface area contributed by atoms with E-state index in [4.69, 9.17) is 0 Å². The molecule has 0 saturated carbocycles. The summed E-state index contributed by atoms with van der Waals surface area (Å²) in [5.74, 6) is -1.27. The van der Waals surface area contributed by atoms with Crippen molar-refractivity contribution in [3.63, 3.8) is 0 Å². The summed E-state index contributed by atoms with van der Waals surface area (Å²) in [5, 5.41) is 10.6. The van der Waals surface area contributed by atoms with Crippen LogP contribution in [-0.4, -0.2) is 16.8 Å². The van der Waals surface area contributed by atoms with E-state index in [1.807, 2.05) is 42.5 Å². The van der Waals surface area contributed by atoms with Gasteiger partial charge >= 0.3 is 0 Å². The number of carbonyl (C=O) groups excluding carboxylic acids is 2. The molecular weight excluding hydrogens is 394 g/mol. The van der Waals surface area contributed by atoms with Crippen LogP contribution in [0.1, 0.15) is 32.4 Å². The lowest BCUT2D eigenvalue weighted by molar-refractivity contribution is -0.123. The maximum Gasteiger partial charge on any atom is 0.294 e. The van der Waals surface area contributed by atoms with E-state index >= 15 is 0 Å². The van der Waals surface area contributed by atoms with Gasteiger partial charge in [-0.15, -0.1) is 0 Å². The molecule has 1 aliphatic rings. The number of anilines is 1. The van der Waals surface area contributed by atoms with Crippen LogP contribution < -0.4 is 4.90 Å². The Hall–Kier alpha value is -2.40. The molecule has 1 aliphatic heterocycles. The molecule has 4 nitrogen and oxygen atoms in total. The minimum absolute atomic E-state index is 0.150. The molecule has 0 aromatic heterocycles. The van der Waals surface area contributed by atoms with E-state index in [-0.39, 0.29) is 11.4 Å². The number of carbonyl (C=O) groups is 2. The quantitative estimate of drug-likeness (QED) is 0.772. The summed E-state index contributed by atoms with van der Waals surface area (Å²) in [4.78, 5) is 27.4. The molecule has 134 valence electrons. The van der Waals surface area contributed by atoms with Gasteiger partial charge in [0.15, 0.2) is 11.5 Å². The van der Waals surface area contributed by atoms with Crippen LogP contribution in [0, 0.1) is 5.41 Å². The third-order valence-corrected chi connectivity index (χ3v) is 4.88. The molecule has 5 heteroatoms. The number of rotatable bonds is 3. The van der Waals surface area contributed by atoms with Gasteiger partial charge in [-0.25, -0.2) is 0 Å². The zero-order valence-electron chi connectivity index (χ0n) is 14.9. The Balaban J connectivity index is 2.19. The van der Waals surface area contributed by atoms with Crippen LogP contribution in [0.2, 0.25) is 0 Å². The van der Waals surface area contributed by atoms with Gasteiger partial charge in [0.2, 0.25) is 0 Å². The summed E-state index contributed by atoms with van der Waals surface area (Å²) in [5.41, 5.74) is 0.833. The fourth-order valence-corrected chi connectivity index (χ4v) is 3.32. The van der Waals surface area contributed by atoms with Crippen molar-refractivity contribution in [1.29, 1.82) is 0 Å². The molecule has 1 amide bonds. The molecule has 0 radical (unpaired) electrons. The van der Waals surface area contributed by atoms with Crippen LogP contribution in [-0.2, 0) is 9.59 Å². The fraction of sp³-hybridized carbons (Fsp3) is 0.238. The number of halogens is 1. The lowest BCUT2D eigenvalue weighted by Gasteiger charge is -2.29. The first-order chi connectivity index (χ1) is 12.2. The van der Waals surface area contributed by atoms with Crippen LogP contribution in [0.5, 0.6) is 0 Å². The predicted molar refractivity (Wildman–Crippen MR) is 105 cm³/mol. The number of benzene rings is 2. The minimum Gasteiger partial charge on any atom is -0.503 e. The molecule has 26 heavy (non-hydrogen) atoms. The zero-order valence-corrected chi connectivity index (χ0v) is 16.4. The number of amides is 1. The zero-order chi connectivity index (χ0) is 19.1. The highest BCUT2D eigenvalue weighted by Crippen LogP contribution is 2.43. The molecule has 0 bridgehead atoms. The summed E-state index contributed by atoms with van der Waals surface area (Å²) in [6.07, 6.45) is 0. The van der Waals surface area contributed by atoms with Gasteiger partial charge in [0.05, 0.1) is 11.6 Å². The van der Waals surface area contributed by atoms with Crippen LogP contribution >= 0.6 is 15.9 Å². The lowest BCUT2D eigenvalue weighted by Crippen LogP contribution is -2.32. The van der Waals surface area contributed by atoms with Crippen molar-refractivity contribution in [2.24, 2.45) is 5.41 Å². The molecule has 0 spiro atoms. The van der Waals surface area contributed by atoms with Crippen molar-refractivity contribution >= 4 is 33.3 Å². The Morgan fingerprint density at radius 1 is 1.04 bits per heavy atom. The van der Waals surface area contributed by atoms with Gasteiger partial charge in [-0.05, 0) is 29.8 Å². The highest BCUT2D eigenvalue weighted by Gasteiger charge is 2.46. The molecule has 0 aliphatic carbocycles. The Morgan fingerprint density at radius 2 is 1.62 bits per heavy atom. The largest absolute Gasteiger partial charge is 0.503 e. The highest BCUT2D eigenvalue weighted by molar-refractivity contribution is 9.10. The first kappa shape index (κ1) is 18.4. The average Bonchev–Trinajstić information content (AvgIpc) is 2.86. The predicted octanol–water partition coefficient (Wildman–Crippen LogP) is 4.96. The van der Waals surface area contributed by atoms with Gasteiger partial charge in [-0.1, -0.05) is 67.0 Å². The second-order valence-corrected chi connectivity index (χ2v) is 8.22. The molecule has 1 N–H and O–H groups in total. The maximum atomic E-state index is 13.0. The van der Waals surface area contributed by atoms with E-state index in [0.717, 1.165) is 10.0 Å². The molecule has 1 atom stereocenters. The van der Waals surface area contributed by atoms with Gasteiger partial charge in [0.25, 0.3) is 5.91 Å². The standard InChI is InChI=1S/C21H20BrNO3/c1-21(2,3)19(25)16-17(13-7-5-4-6-8-13)23(20(26)18(16)24)15-11-9-14(22)10-12-15/h4-12,17,24H,1-3H3. The molecule has 0 saturated heterocycles. The van der Waals surface area contributed by atoms with E-state index in [0.29, 0.717) is 5.69 Å². The molecule has 1 heterocycles. The van der Waals surface area contributed by atoms with Crippen molar-refractivity contribution in [1.82, 2.24) is 0 Å². The van der Waals surface area contributed by atoms with Gasteiger partial charge in [0.1, 0.15) is 0 Å². The first-order valence-corrected chi connectivity index (χ1v) is 9.13. The normalized spacial score (nSPS) is 17.8. The van der Waals surface area contributed by atoms with Crippen LogP contribution in [0.4, 0.5) is 5.69 Å². The van der Waals surface area contributed by atoms with Gasteiger partial charge in [-0.3, -0.25) is 14.5 Å². The molecule has 0 fully saturated rings. The smallest absolute Gasteiger partial charge is 0.294 e. The number of aliphatic hydroxyl groups is 1. The third-order valence-electron chi connectivity index (χ3n) is 4.35. The highest BCUT2D eigenvalue weighted by atomic mass is 79.9. The maximum absolute atomic E-state index is 13.0. The second-order valence-electron chi connectivity index (χ2n) is 7.31. The topological polar surface area (TPSA) is 57.6 Å². The number of nitrogens with zero attached hydrogens (tertiary/aromatic N) is 1. The van der Waals surface area contributed by atoms with Gasteiger partial charge < -0.3 is 5.11 Å². The molecular formula is C21H20BrNO3. The fourth-order valence-electron chi connectivity index (χ4n) is 3.06. The van der Waals surface area contributed by atoms with Crippen molar-refractivity contribution in [2.45, 2.75) is 26.8 Å². The van der Waals surface area contributed by atoms with E-state index in [1.54, 1.807) is 32.9 Å². The summed E-state index contributed by atoms with van der Waals surface area (Å²) in [6, 6.07) is 15.9. The minimum atomic E-state index is -0.716. The van der Waals surface area contributed by atoms with Crippen LogP contribution in [0.3, 0.4) is 0 Å². The summed E-state index contributed by atoms with van der Waals surface area (Å²) in [6.45, 7) is 5.35. The number of ketones is 1. The van der Waals surface area contributed by atoms with Gasteiger partial charge in [0, 0.05) is 15.6 Å². The van der Waals surface area contributed by atoms with E-state index in [9.17, 15) is 14.7 Å². The van der Waals surface area contributed by atoms with E-state index in [2.05, 4.69) is 15.9 Å². The Morgan fingerprint density at radius 3 is 2.15 bits per heavy atom. The molecule has 2 aromatic carbocycles. The van der Waals surface area contributed by atoms with Crippen LogP contribution in [0.25, 0.3) is 0 Å². The second kappa shape index (κ2) is 6.72. The lowest BCUT2D eigenvalue weighted by atomic mass is 9.82. The van der Waals surface area contributed by atoms with E-state index in [1.165, 1.54) is 4.90 Å². The van der Waals surface area contributed by atoms with Crippen molar-refractivity contribution in [3.05, 3.63) is 76.0 Å². The number of hydrogen-bond acceptors (Lipinski definition) is 3. The monoisotopic (exact) mass is 413 g/mol. The Labute approximate surface area is 161 Å². The third kappa shape index (κ3) is 3.19. The van der Waals surface area contributed by atoms with Crippen molar-refractivity contribution in [2.75, 3.05) is 4.90 Å². The number of Topliss-reactive ketones (excluding diaryl/α,β-unsaturated/α-hetero) is 1. The van der Waals surface area contributed by atoms with Crippen LogP contribution in [0.15, 0.2) is 70.4 Å². The summed E-state index contributed by atoms with van der Waals surface area (Å²) in [7, 11) is 0. The molecule has 2 aromatic rings. The average molecular weight is 414 g/mol. The number of hydrogen-bond donors (Lipinski definition) is 1. The van der Waals surface area contributed by atoms with Crippen molar-refractivity contribution in [3.8, 4) is 0 Å². The Kier molecular flexibility index (Phi) is 4.76.